The fourth-order valence-electron chi connectivity index (χ4n) is 3.32. The number of rotatable bonds is 3. The zero-order valence-electron chi connectivity index (χ0n) is 17.1. The summed E-state index contributed by atoms with van der Waals surface area (Å²) in [5.74, 6) is 1.02. The van der Waals surface area contributed by atoms with E-state index < -0.39 is 8.24 Å². The summed E-state index contributed by atoms with van der Waals surface area (Å²) in [6, 6.07) is 19.3. The first-order valence-corrected chi connectivity index (χ1v) is 12.8. The van der Waals surface area contributed by atoms with E-state index in [1.807, 2.05) is 0 Å². The lowest BCUT2D eigenvalue weighted by atomic mass is 9.65. The van der Waals surface area contributed by atoms with Crippen LogP contribution in [0.2, 0.25) is 19.6 Å². The van der Waals surface area contributed by atoms with Crippen LogP contribution in [0.4, 0.5) is 0 Å². The van der Waals surface area contributed by atoms with Crippen LogP contribution in [0.5, 0.6) is 0 Å². The molecule has 2 aromatic carbocycles. The van der Waals surface area contributed by atoms with Crippen LogP contribution in [0.15, 0.2) is 64.2 Å². The molecule has 0 saturated carbocycles. The maximum Gasteiger partial charge on any atom is 0.174 e. The van der Waals surface area contributed by atoms with Crippen LogP contribution in [-0.4, -0.2) is 19.8 Å². The summed E-state index contributed by atoms with van der Waals surface area (Å²) in [6.07, 6.45) is 0. The fraction of sp³-hybridized carbons (Fsp3) is 0.391. The summed E-state index contributed by atoms with van der Waals surface area (Å²) >= 11 is 0. The van der Waals surface area contributed by atoms with Crippen molar-refractivity contribution in [2.24, 2.45) is 20.5 Å². The number of hydrogen-bond acceptors (Lipinski definition) is 1. The van der Waals surface area contributed by atoms with Crippen molar-refractivity contribution in [2.45, 2.75) is 47.3 Å². The van der Waals surface area contributed by atoms with E-state index in [9.17, 15) is 0 Å². The number of benzene rings is 2. The van der Waals surface area contributed by atoms with Crippen molar-refractivity contribution >= 4 is 19.8 Å². The van der Waals surface area contributed by atoms with Gasteiger partial charge in [0, 0.05) is 10.8 Å². The maximum absolute atomic E-state index is 5.07. The van der Waals surface area contributed by atoms with E-state index >= 15 is 0 Å². The van der Waals surface area contributed by atoms with Crippen molar-refractivity contribution in [3.8, 4) is 11.1 Å². The van der Waals surface area contributed by atoms with Gasteiger partial charge in [-0.3, -0.25) is 0 Å². The zero-order chi connectivity index (χ0) is 19.2. The molecule has 3 heteroatoms. The molecule has 136 valence electrons. The minimum atomic E-state index is -1.58. The molecule has 0 spiro atoms. The van der Waals surface area contributed by atoms with Crippen molar-refractivity contribution in [3.05, 3.63) is 60.2 Å². The minimum Gasteiger partial charge on any atom is -0.309 e. The Kier molecular flexibility index (Phi) is 4.56. The highest BCUT2D eigenvalue weighted by Crippen LogP contribution is 2.48. The summed E-state index contributed by atoms with van der Waals surface area (Å²) in [5, 5.41) is 0. The molecule has 0 saturated heterocycles. The molecule has 0 fully saturated rings. The average Bonchev–Trinajstić information content (AvgIpc) is 2.74. The Bertz CT molecular complexity index is 851. The van der Waals surface area contributed by atoms with Crippen molar-refractivity contribution in [1.29, 1.82) is 0 Å². The molecular weight excluding hydrogens is 332 g/mol. The molecular formula is C23H30N2Si. The van der Waals surface area contributed by atoms with Crippen molar-refractivity contribution in [2.75, 3.05) is 0 Å². The van der Waals surface area contributed by atoms with E-state index in [4.69, 9.17) is 9.65 Å². The van der Waals surface area contributed by atoms with Gasteiger partial charge in [0.15, 0.2) is 8.24 Å². The SMILES string of the molecule is CC1(C)C(c2ccc(-c3ccccc3)cc2)=N/C(=N\[Si](C)(C)C)C1(C)C. The van der Waals surface area contributed by atoms with Crippen LogP contribution >= 0.6 is 0 Å². The standard InChI is InChI=1S/C23H30N2Si/c1-22(2)20(24-21(23(22,3)4)25-26(5,6)7)19-15-13-18(14-16-19)17-11-9-8-10-12-17/h8-16H,1-7H3/b25-21-. The largest absolute Gasteiger partial charge is 0.309 e. The summed E-state index contributed by atoms with van der Waals surface area (Å²) < 4.78 is 5.07. The zero-order valence-corrected chi connectivity index (χ0v) is 18.1. The Hall–Kier alpha value is -2.00. The van der Waals surface area contributed by atoms with Crippen LogP contribution in [0, 0.1) is 10.8 Å². The van der Waals surface area contributed by atoms with Gasteiger partial charge in [-0.2, -0.15) is 0 Å². The molecule has 3 rings (SSSR count). The average molecular weight is 363 g/mol. The van der Waals surface area contributed by atoms with Gasteiger partial charge in [-0.25, -0.2) is 4.99 Å². The molecule has 26 heavy (non-hydrogen) atoms. The molecule has 2 aromatic rings. The van der Waals surface area contributed by atoms with Gasteiger partial charge < -0.3 is 4.66 Å². The van der Waals surface area contributed by atoms with E-state index in [1.54, 1.807) is 0 Å². The molecule has 0 bridgehead atoms. The number of aliphatic imine (C=N–C) groups is 1. The van der Waals surface area contributed by atoms with Gasteiger partial charge in [0.2, 0.25) is 0 Å². The lowest BCUT2D eigenvalue weighted by Crippen LogP contribution is -2.39. The Morgan fingerprint density at radius 2 is 1.19 bits per heavy atom. The summed E-state index contributed by atoms with van der Waals surface area (Å²) in [7, 11) is -1.58. The molecule has 1 aliphatic rings. The summed E-state index contributed by atoms with van der Waals surface area (Å²) in [6.45, 7) is 16.0. The van der Waals surface area contributed by atoms with Gasteiger partial charge in [0.1, 0.15) is 5.84 Å². The van der Waals surface area contributed by atoms with Crippen LogP contribution < -0.4 is 0 Å². The van der Waals surface area contributed by atoms with Gasteiger partial charge in [-0.15, -0.1) is 0 Å². The van der Waals surface area contributed by atoms with Gasteiger partial charge in [-0.05, 0) is 36.3 Å². The topological polar surface area (TPSA) is 24.7 Å². The third kappa shape index (κ3) is 3.33. The smallest absolute Gasteiger partial charge is 0.174 e. The first-order valence-electron chi connectivity index (χ1n) is 9.38. The third-order valence-electron chi connectivity index (χ3n) is 5.64. The molecule has 0 radical (unpaired) electrons. The van der Waals surface area contributed by atoms with Gasteiger partial charge in [0.05, 0.1) is 5.71 Å². The lowest BCUT2D eigenvalue weighted by Gasteiger charge is -2.36. The van der Waals surface area contributed by atoms with Gasteiger partial charge >= 0.3 is 0 Å². The van der Waals surface area contributed by atoms with Crippen LogP contribution in [-0.2, 0) is 0 Å². The first kappa shape index (κ1) is 18.8. The molecule has 1 heterocycles. The molecule has 0 aromatic heterocycles. The summed E-state index contributed by atoms with van der Waals surface area (Å²) in [4.78, 5) is 5.05. The van der Waals surface area contributed by atoms with E-state index in [1.165, 1.54) is 16.7 Å². The summed E-state index contributed by atoms with van der Waals surface area (Å²) in [5.41, 5.74) is 4.71. The molecule has 0 atom stereocenters. The van der Waals surface area contributed by atoms with Gasteiger partial charge in [0.25, 0.3) is 0 Å². The van der Waals surface area contributed by atoms with Crippen molar-refractivity contribution in [3.63, 3.8) is 0 Å². The Labute approximate surface area is 159 Å². The Morgan fingerprint density at radius 1 is 0.692 bits per heavy atom. The van der Waals surface area contributed by atoms with Crippen LogP contribution in [0.1, 0.15) is 33.3 Å². The lowest BCUT2D eigenvalue weighted by molar-refractivity contribution is 0.299. The molecule has 0 aliphatic carbocycles. The highest BCUT2D eigenvalue weighted by atomic mass is 28.3. The normalized spacial score (nSPS) is 20.3. The number of amidine groups is 1. The predicted octanol–water partition coefficient (Wildman–Crippen LogP) is 6.44. The monoisotopic (exact) mass is 362 g/mol. The van der Waals surface area contributed by atoms with E-state index in [0.29, 0.717) is 0 Å². The maximum atomic E-state index is 5.07. The third-order valence-corrected chi connectivity index (χ3v) is 6.52. The van der Waals surface area contributed by atoms with Crippen molar-refractivity contribution in [1.82, 2.24) is 0 Å². The number of hydrogen-bond donors (Lipinski definition) is 0. The van der Waals surface area contributed by atoms with E-state index in [2.05, 4.69) is 102 Å². The molecule has 0 amide bonds. The second-order valence-electron chi connectivity index (χ2n) is 9.26. The van der Waals surface area contributed by atoms with Gasteiger partial charge in [-0.1, -0.05) is 82.3 Å². The molecule has 0 unspecified atom stereocenters. The molecule has 2 nitrogen and oxygen atoms in total. The predicted molar refractivity (Wildman–Crippen MR) is 117 cm³/mol. The molecule has 1 aliphatic heterocycles. The Balaban J connectivity index is 2.03. The second-order valence-corrected chi connectivity index (χ2v) is 13.8. The first-order chi connectivity index (χ1) is 12.0. The molecule has 0 N–H and O–H groups in total. The van der Waals surface area contributed by atoms with E-state index in [-0.39, 0.29) is 10.8 Å². The minimum absolute atomic E-state index is 0.0558. The highest BCUT2D eigenvalue weighted by molar-refractivity contribution is 6.75. The van der Waals surface area contributed by atoms with Crippen LogP contribution in [0.3, 0.4) is 0 Å². The Morgan fingerprint density at radius 3 is 1.73 bits per heavy atom. The van der Waals surface area contributed by atoms with E-state index in [0.717, 1.165) is 11.5 Å². The second kappa shape index (κ2) is 6.31. The van der Waals surface area contributed by atoms with Crippen molar-refractivity contribution < 1.29 is 0 Å². The van der Waals surface area contributed by atoms with Crippen LogP contribution in [0.25, 0.3) is 11.1 Å². The number of nitrogens with zero attached hydrogens (tertiary/aromatic N) is 2. The quantitative estimate of drug-likeness (QED) is 0.561. The fourth-order valence-corrected chi connectivity index (χ4v) is 4.28. The highest BCUT2D eigenvalue weighted by Gasteiger charge is 2.50.